The quantitative estimate of drug-likeness (QED) is 0.618. The number of nitrogens with one attached hydrogen (secondary N) is 1. The molecule has 0 spiro atoms. The van der Waals surface area contributed by atoms with Crippen molar-refractivity contribution >= 4 is 11.9 Å². The number of carbonyl (C=O) groups is 1. The fourth-order valence-corrected chi connectivity index (χ4v) is 2.82. The van der Waals surface area contributed by atoms with Gasteiger partial charge in [-0.2, -0.15) is 0 Å². The third-order valence-corrected chi connectivity index (χ3v) is 4.16. The van der Waals surface area contributed by atoms with Gasteiger partial charge in [-0.15, -0.1) is 0 Å². The molecule has 5 nitrogen and oxygen atoms in total. The minimum atomic E-state index is 0.0584. The molecule has 1 heterocycles. The van der Waals surface area contributed by atoms with Crippen LogP contribution in [0.3, 0.4) is 0 Å². The predicted octanol–water partition coefficient (Wildman–Crippen LogP) is 1.55. The van der Waals surface area contributed by atoms with Crippen LogP contribution in [-0.2, 0) is 4.79 Å². The van der Waals surface area contributed by atoms with E-state index in [1.54, 1.807) is 19.0 Å². The molecule has 120 valence electrons. The van der Waals surface area contributed by atoms with E-state index in [9.17, 15) is 4.79 Å². The Morgan fingerprint density at radius 3 is 2.62 bits per heavy atom. The van der Waals surface area contributed by atoms with Crippen molar-refractivity contribution in [3.05, 3.63) is 0 Å². The number of hydrogen-bond donors (Lipinski definition) is 1. The molecule has 1 aliphatic carbocycles. The van der Waals surface area contributed by atoms with Gasteiger partial charge in [0.25, 0.3) is 0 Å². The number of likely N-dealkylation sites (N-methyl/N-ethyl adjacent to an activating group) is 1. The zero-order valence-electron chi connectivity index (χ0n) is 13.9. The number of nitrogens with zero attached hydrogens (tertiary/aromatic N) is 3. The van der Waals surface area contributed by atoms with Gasteiger partial charge in [0.15, 0.2) is 5.96 Å². The van der Waals surface area contributed by atoms with Crippen molar-refractivity contribution in [2.24, 2.45) is 16.8 Å². The number of hydrogen-bond acceptors (Lipinski definition) is 2. The summed E-state index contributed by atoms with van der Waals surface area (Å²) in [5, 5.41) is 3.51. The van der Waals surface area contributed by atoms with Gasteiger partial charge in [0.1, 0.15) is 6.54 Å². The third-order valence-electron chi connectivity index (χ3n) is 4.16. The molecule has 0 aromatic carbocycles. The average molecular weight is 294 g/mol. The second kappa shape index (κ2) is 7.14. The molecule has 0 aromatic heterocycles. The molecule has 1 aliphatic heterocycles. The lowest BCUT2D eigenvalue weighted by Gasteiger charge is -2.22. The van der Waals surface area contributed by atoms with E-state index in [1.807, 2.05) is 0 Å². The molecule has 1 saturated heterocycles. The number of guanidine groups is 1. The summed E-state index contributed by atoms with van der Waals surface area (Å²) in [5.74, 6) is 2.52. The van der Waals surface area contributed by atoms with Gasteiger partial charge >= 0.3 is 0 Å². The SMILES string of the molecule is CC(C)CC1CCN(C(=NCC(=O)N(C)C)NC2CC2)C1. The Morgan fingerprint density at radius 2 is 2.05 bits per heavy atom. The second-order valence-electron chi connectivity index (χ2n) is 7.08. The molecule has 0 radical (unpaired) electrons. The van der Waals surface area contributed by atoms with E-state index in [0.717, 1.165) is 30.9 Å². The normalized spacial score (nSPS) is 22.8. The van der Waals surface area contributed by atoms with Crippen LogP contribution in [0.15, 0.2) is 4.99 Å². The lowest BCUT2D eigenvalue weighted by Crippen LogP contribution is -2.42. The summed E-state index contributed by atoms with van der Waals surface area (Å²) in [6.07, 6.45) is 4.98. The molecule has 1 amide bonds. The van der Waals surface area contributed by atoms with E-state index in [4.69, 9.17) is 0 Å². The topological polar surface area (TPSA) is 47.9 Å². The van der Waals surface area contributed by atoms with Crippen LogP contribution in [0, 0.1) is 11.8 Å². The van der Waals surface area contributed by atoms with Crippen LogP contribution in [0.25, 0.3) is 0 Å². The van der Waals surface area contributed by atoms with Crippen LogP contribution in [0.2, 0.25) is 0 Å². The highest BCUT2D eigenvalue weighted by atomic mass is 16.2. The molecule has 2 fully saturated rings. The second-order valence-corrected chi connectivity index (χ2v) is 7.08. The Morgan fingerprint density at radius 1 is 1.33 bits per heavy atom. The fourth-order valence-electron chi connectivity index (χ4n) is 2.82. The Hall–Kier alpha value is -1.26. The van der Waals surface area contributed by atoms with Gasteiger partial charge in [-0.25, -0.2) is 4.99 Å². The van der Waals surface area contributed by atoms with Gasteiger partial charge < -0.3 is 15.1 Å². The van der Waals surface area contributed by atoms with Gasteiger partial charge in [-0.05, 0) is 37.5 Å². The van der Waals surface area contributed by atoms with E-state index < -0.39 is 0 Å². The van der Waals surface area contributed by atoms with Gasteiger partial charge in [-0.1, -0.05) is 13.8 Å². The molecule has 1 atom stereocenters. The predicted molar refractivity (Wildman–Crippen MR) is 86.3 cm³/mol. The summed E-state index contributed by atoms with van der Waals surface area (Å²) in [7, 11) is 3.56. The number of rotatable bonds is 5. The standard InChI is InChI=1S/C16H30N4O/c1-12(2)9-13-7-8-20(11-13)16(18-14-5-6-14)17-10-15(21)19(3)4/h12-14H,5-11H2,1-4H3,(H,17,18). The average Bonchev–Trinajstić information content (AvgIpc) is 3.11. The first-order valence-corrected chi connectivity index (χ1v) is 8.21. The minimum absolute atomic E-state index is 0.0584. The van der Waals surface area contributed by atoms with Crippen molar-refractivity contribution in [2.45, 2.75) is 45.6 Å². The van der Waals surface area contributed by atoms with Crippen molar-refractivity contribution in [3.63, 3.8) is 0 Å². The van der Waals surface area contributed by atoms with Crippen LogP contribution >= 0.6 is 0 Å². The van der Waals surface area contributed by atoms with Crippen molar-refractivity contribution in [1.29, 1.82) is 0 Å². The monoisotopic (exact) mass is 294 g/mol. The Labute approximate surface area is 128 Å². The van der Waals surface area contributed by atoms with Crippen molar-refractivity contribution in [1.82, 2.24) is 15.1 Å². The summed E-state index contributed by atoms with van der Waals surface area (Å²) in [5.41, 5.74) is 0. The Balaban J connectivity index is 1.92. The molecule has 1 unspecified atom stereocenters. The summed E-state index contributed by atoms with van der Waals surface area (Å²) >= 11 is 0. The van der Waals surface area contributed by atoms with E-state index in [0.29, 0.717) is 6.04 Å². The first kappa shape index (κ1) is 16.1. The maximum Gasteiger partial charge on any atom is 0.243 e. The van der Waals surface area contributed by atoms with E-state index in [1.165, 1.54) is 25.7 Å². The number of aliphatic imine (C=N–C) groups is 1. The lowest BCUT2D eigenvalue weighted by molar-refractivity contribution is -0.127. The summed E-state index contributed by atoms with van der Waals surface area (Å²) in [4.78, 5) is 20.2. The summed E-state index contributed by atoms with van der Waals surface area (Å²) in [6.45, 7) is 6.96. The molecule has 2 aliphatic rings. The van der Waals surface area contributed by atoms with E-state index >= 15 is 0 Å². The van der Waals surface area contributed by atoms with Crippen LogP contribution < -0.4 is 5.32 Å². The highest BCUT2D eigenvalue weighted by Gasteiger charge is 2.29. The molecule has 1 saturated carbocycles. The molecule has 1 N–H and O–H groups in total. The largest absolute Gasteiger partial charge is 0.353 e. The number of carbonyl (C=O) groups excluding carboxylic acids is 1. The van der Waals surface area contributed by atoms with E-state index in [-0.39, 0.29) is 12.5 Å². The smallest absolute Gasteiger partial charge is 0.243 e. The third kappa shape index (κ3) is 5.21. The van der Waals surface area contributed by atoms with Crippen LogP contribution in [0.4, 0.5) is 0 Å². The maximum atomic E-state index is 11.7. The van der Waals surface area contributed by atoms with Gasteiger partial charge in [0.2, 0.25) is 5.91 Å². The highest BCUT2D eigenvalue weighted by molar-refractivity contribution is 5.85. The van der Waals surface area contributed by atoms with Crippen LogP contribution in [0.1, 0.15) is 39.5 Å². The Bertz CT molecular complexity index is 388. The molecule has 0 aromatic rings. The molecular formula is C16H30N4O. The fraction of sp³-hybridized carbons (Fsp3) is 0.875. The summed E-state index contributed by atoms with van der Waals surface area (Å²) in [6, 6.07) is 0.572. The molecule has 21 heavy (non-hydrogen) atoms. The van der Waals surface area contributed by atoms with Crippen molar-refractivity contribution < 1.29 is 4.79 Å². The number of amides is 1. The highest BCUT2D eigenvalue weighted by Crippen LogP contribution is 2.25. The summed E-state index contributed by atoms with van der Waals surface area (Å²) < 4.78 is 0. The first-order chi connectivity index (χ1) is 9.95. The Kier molecular flexibility index (Phi) is 5.48. The van der Waals surface area contributed by atoms with Gasteiger partial charge in [-0.3, -0.25) is 4.79 Å². The zero-order chi connectivity index (χ0) is 15.4. The van der Waals surface area contributed by atoms with Crippen molar-refractivity contribution in [3.8, 4) is 0 Å². The van der Waals surface area contributed by atoms with Crippen molar-refractivity contribution in [2.75, 3.05) is 33.7 Å². The molecule has 0 bridgehead atoms. The first-order valence-electron chi connectivity index (χ1n) is 8.21. The zero-order valence-corrected chi connectivity index (χ0v) is 13.9. The van der Waals surface area contributed by atoms with Crippen LogP contribution in [0.5, 0.6) is 0 Å². The lowest BCUT2D eigenvalue weighted by atomic mass is 9.97. The van der Waals surface area contributed by atoms with Gasteiger partial charge in [0.05, 0.1) is 0 Å². The molecule has 2 rings (SSSR count). The van der Waals surface area contributed by atoms with Crippen LogP contribution in [-0.4, -0.2) is 61.4 Å². The maximum absolute atomic E-state index is 11.7. The van der Waals surface area contributed by atoms with Gasteiger partial charge in [0, 0.05) is 33.2 Å². The minimum Gasteiger partial charge on any atom is -0.353 e. The molecule has 5 heteroatoms. The van der Waals surface area contributed by atoms with E-state index in [2.05, 4.69) is 29.1 Å². The number of likely N-dealkylation sites (tertiary alicyclic amines) is 1. The molecular weight excluding hydrogens is 264 g/mol.